The van der Waals surface area contributed by atoms with E-state index in [2.05, 4.69) is 20.8 Å². The zero-order chi connectivity index (χ0) is 19.8. The van der Waals surface area contributed by atoms with E-state index >= 15 is 0 Å². The first-order chi connectivity index (χ1) is 13.2. The zero-order valence-corrected chi connectivity index (χ0v) is 16.9. The molecule has 4 atom stereocenters. The lowest BCUT2D eigenvalue weighted by Crippen LogP contribution is -2.62. The molecule has 0 saturated heterocycles. The van der Waals surface area contributed by atoms with Crippen LogP contribution in [-0.2, 0) is 4.79 Å². The third-order valence-corrected chi connectivity index (χ3v) is 7.34. The summed E-state index contributed by atoms with van der Waals surface area (Å²) in [5.41, 5.74) is 2.23. The molecule has 0 N–H and O–H groups in total. The molecule has 4 aliphatic rings. The fourth-order valence-corrected chi connectivity index (χ4v) is 7.00. The Hall–Kier alpha value is -2.23. The Morgan fingerprint density at radius 3 is 2.21 bits per heavy atom. The van der Waals surface area contributed by atoms with E-state index in [1.807, 2.05) is 0 Å². The van der Waals surface area contributed by atoms with Gasteiger partial charge in [-0.1, -0.05) is 38.5 Å². The zero-order valence-electron chi connectivity index (χ0n) is 16.9. The number of amides is 2. The highest BCUT2D eigenvalue weighted by Crippen LogP contribution is 2.60. The molecule has 2 amide bonds. The Bertz CT molecular complexity index is 925. The van der Waals surface area contributed by atoms with Crippen molar-refractivity contribution in [3.05, 3.63) is 46.5 Å². The predicted octanol–water partition coefficient (Wildman–Crippen LogP) is 4.55. The van der Waals surface area contributed by atoms with Crippen molar-refractivity contribution in [1.29, 1.82) is 0 Å². The normalized spacial score (nSPS) is 37.2. The summed E-state index contributed by atoms with van der Waals surface area (Å²) in [6.45, 7) is 6.61. The third kappa shape index (κ3) is 2.26. The molecule has 4 heteroatoms. The highest BCUT2D eigenvalue weighted by molar-refractivity contribution is 6.22. The second kappa shape index (κ2) is 5.65. The molecule has 1 heterocycles. The second-order valence-electron chi connectivity index (χ2n) is 10.1. The van der Waals surface area contributed by atoms with Crippen molar-refractivity contribution in [3.8, 4) is 0 Å². The molecule has 1 aromatic rings. The van der Waals surface area contributed by atoms with E-state index in [-0.39, 0.29) is 23.0 Å². The highest BCUT2D eigenvalue weighted by Gasteiger charge is 2.61. The molecule has 4 nitrogen and oxygen atoms in total. The monoisotopic (exact) mass is 377 g/mol. The molecule has 1 aliphatic heterocycles. The van der Waals surface area contributed by atoms with Crippen molar-refractivity contribution in [3.63, 3.8) is 0 Å². The summed E-state index contributed by atoms with van der Waals surface area (Å²) in [5, 5.41) is 0. The topological polar surface area (TPSA) is 54.5 Å². The molecule has 0 aromatic heterocycles. The van der Waals surface area contributed by atoms with E-state index in [1.54, 1.807) is 24.3 Å². The van der Waals surface area contributed by atoms with Crippen LogP contribution in [0.2, 0.25) is 0 Å². The van der Waals surface area contributed by atoms with Crippen LogP contribution in [0.5, 0.6) is 0 Å². The number of imide groups is 1. The lowest BCUT2D eigenvalue weighted by molar-refractivity contribution is -0.119. The fraction of sp³-hybridized carbons (Fsp3) is 0.542. The highest BCUT2D eigenvalue weighted by atomic mass is 16.2. The maximum atomic E-state index is 13.4. The molecular weight excluding hydrogens is 350 g/mol. The Balaban J connectivity index is 1.73. The number of hydrogen-bond acceptors (Lipinski definition) is 3. The quantitative estimate of drug-likeness (QED) is 0.675. The van der Waals surface area contributed by atoms with E-state index in [0.717, 1.165) is 31.3 Å². The molecule has 0 spiro atoms. The minimum atomic E-state index is -0.773. The van der Waals surface area contributed by atoms with E-state index < -0.39 is 5.54 Å². The van der Waals surface area contributed by atoms with Crippen molar-refractivity contribution in [2.75, 3.05) is 0 Å². The maximum Gasteiger partial charge on any atom is 0.262 e. The van der Waals surface area contributed by atoms with Gasteiger partial charge in [-0.15, -0.1) is 0 Å². The van der Waals surface area contributed by atoms with Crippen LogP contribution in [0.4, 0.5) is 0 Å². The van der Waals surface area contributed by atoms with Gasteiger partial charge in [0.05, 0.1) is 16.7 Å². The second-order valence-corrected chi connectivity index (χ2v) is 10.1. The smallest absolute Gasteiger partial charge is 0.262 e. The number of nitrogens with zero attached hydrogens (tertiary/aromatic N) is 1. The van der Waals surface area contributed by atoms with Gasteiger partial charge in [-0.2, -0.15) is 0 Å². The van der Waals surface area contributed by atoms with Crippen molar-refractivity contribution in [2.24, 2.45) is 17.3 Å². The number of ketones is 1. The molecule has 146 valence electrons. The summed E-state index contributed by atoms with van der Waals surface area (Å²) in [6.07, 6.45) is 4.86. The summed E-state index contributed by atoms with van der Waals surface area (Å²) >= 11 is 0. The molecule has 28 heavy (non-hydrogen) atoms. The van der Waals surface area contributed by atoms with Gasteiger partial charge in [0.25, 0.3) is 11.8 Å². The Kier molecular flexibility index (Phi) is 3.60. The number of rotatable bonds is 1. The average Bonchev–Trinajstić information content (AvgIpc) is 2.84. The summed E-state index contributed by atoms with van der Waals surface area (Å²) in [7, 11) is 0. The molecule has 5 rings (SSSR count). The lowest BCUT2D eigenvalue weighted by Gasteiger charge is -2.58. The van der Waals surface area contributed by atoms with Crippen LogP contribution in [0.15, 0.2) is 35.4 Å². The van der Waals surface area contributed by atoms with Gasteiger partial charge in [0, 0.05) is 12.0 Å². The van der Waals surface area contributed by atoms with Gasteiger partial charge in [-0.3, -0.25) is 19.3 Å². The summed E-state index contributed by atoms with van der Waals surface area (Å²) < 4.78 is 0. The first-order valence-corrected chi connectivity index (χ1v) is 10.5. The van der Waals surface area contributed by atoms with E-state index in [1.165, 1.54) is 10.5 Å². The molecule has 0 radical (unpaired) electrons. The Labute approximate surface area is 166 Å². The molecule has 1 saturated carbocycles. The van der Waals surface area contributed by atoms with Gasteiger partial charge in [-0.25, -0.2) is 0 Å². The Morgan fingerprint density at radius 1 is 0.929 bits per heavy atom. The van der Waals surface area contributed by atoms with E-state index in [4.69, 9.17) is 0 Å². The van der Waals surface area contributed by atoms with Crippen LogP contribution < -0.4 is 0 Å². The maximum absolute atomic E-state index is 13.4. The van der Waals surface area contributed by atoms with Crippen LogP contribution in [0, 0.1) is 17.3 Å². The number of fused-ring (bicyclic) bond motifs is 4. The van der Waals surface area contributed by atoms with Gasteiger partial charge in [0.15, 0.2) is 5.78 Å². The molecule has 1 aromatic carbocycles. The van der Waals surface area contributed by atoms with Crippen molar-refractivity contribution >= 4 is 17.6 Å². The lowest BCUT2D eigenvalue weighted by atomic mass is 9.52. The first-order valence-electron chi connectivity index (χ1n) is 10.5. The predicted molar refractivity (Wildman–Crippen MR) is 106 cm³/mol. The number of hydrogen-bond donors (Lipinski definition) is 0. The molecular formula is C24H27NO3. The van der Waals surface area contributed by atoms with Crippen LogP contribution in [0.1, 0.15) is 80.0 Å². The van der Waals surface area contributed by atoms with Gasteiger partial charge in [-0.05, 0) is 61.5 Å². The Morgan fingerprint density at radius 2 is 1.57 bits per heavy atom. The fourth-order valence-electron chi connectivity index (χ4n) is 7.00. The number of carbonyl (C=O) groups is 3. The van der Waals surface area contributed by atoms with E-state index in [9.17, 15) is 14.4 Å². The van der Waals surface area contributed by atoms with Crippen LogP contribution in [0.25, 0.3) is 0 Å². The van der Waals surface area contributed by atoms with Gasteiger partial charge >= 0.3 is 0 Å². The average molecular weight is 377 g/mol. The van der Waals surface area contributed by atoms with E-state index in [0.29, 0.717) is 35.8 Å². The first kappa shape index (κ1) is 17.8. The van der Waals surface area contributed by atoms with Crippen LogP contribution in [0.3, 0.4) is 0 Å². The van der Waals surface area contributed by atoms with Crippen molar-refractivity contribution in [2.45, 2.75) is 64.8 Å². The minimum absolute atomic E-state index is 0.0309. The standard InChI is InChI=1S/C24H27NO3/c1-14-8-16-12-23(3)10-15(2)11-24(13-23,20(16)19(26)9-14)25-21(27)17-6-4-5-7-18(17)22(25)28/h4-7,14-15H,8-13H2,1-3H3. The third-order valence-electron chi connectivity index (χ3n) is 7.34. The van der Waals surface area contributed by atoms with Gasteiger partial charge in [0.2, 0.25) is 0 Å². The van der Waals surface area contributed by atoms with Gasteiger partial charge in [0.1, 0.15) is 0 Å². The molecule has 2 bridgehead atoms. The molecule has 4 unspecified atom stereocenters. The summed E-state index contributed by atoms with van der Waals surface area (Å²) in [4.78, 5) is 41.6. The number of allylic oxidation sites excluding steroid dienone is 1. The number of Topliss-reactive ketones (excluding diaryl/α,β-unsaturated/α-hetero) is 1. The number of carbonyl (C=O) groups excluding carboxylic acids is 3. The van der Waals surface area contributed by atoms with Gasteiger partial charge < -0.3 is 0 Å². The summed E-state index contributed by atoms with van der Waals surface area (Å²) in [6, 6.07) is 7.08. The van der Waals surface area contributed by atoms with Crippen LogP contribution >= 0.6 is 0 Å². The summed E-state index contributed by atoms with van der Waals surface area (Å²) in [5.74, 6) is 0.408. The SMILES string of the molecule is CC1CC(=O)C2=C(C1)CC1(C)CC(C)CC2(N2C(=O)c3ccccc3C2=O)C1. The molecule has 3 aliphatic carbocycles. The van der Waals surface area contributed by atoms with Crippen molar-refractivity contribution < 1.29 is 14.4 Å². The largest absolute Gasteiger partial charge is 0.294 e. The van der Waals surface area contributed by atoms with Crippen LogP contribution in [-0.4, -0.2) is 28.0 Å². The number of benzene rings is 1. The minimum Gasteiger partial charge on any atom is -0.294 e. The van der Waals surface area contributed by atoms with Crippen molar-refractivity contribution in [1.82, 2.24) is 4.90 Å². The molecule has 1 fully saturated rings.